The second-order valence-electron chi connectivity index (χ2n) is 6.04. The van der Waals surface area contributed by atoms with Gasteiger partial charge in [0, 0.05) is 31.7 Å². The number of halogens is 3. The largest absolute Gasteiger partial charge is 0.492 e. The first-order valence-corrected chi connectivity index (χ1v) is 9.42. The minimum Gasteiger partial charge on any atom is -0.492 e. The lowest BCUT2D eigenvalue weighted by Crippen LogP contribution is -2.47. The Balaban J connectivity index is 0.00000364. The van der Waals surface area contributed by atoms with E-state index < -0.39 is 0 Å². The van der Waals surface area contributed by atoms with Gasteiger partial charge in [-0.25, -0.2) is 0 Å². The number of methoxy groups -OCH3 is 1. The Labute approximate surface area is 187 Å². The molecule has 0 aromatic heterocycles. The molecular weight excluding hydrogens is 504 g/mol. The first-order chi connectivity index (χ1) is 12.5. The second-order valence-corrected chi connectivity index (χ2v) is 6.88. The number of ether oxygens (including phenoxy) is 2. The van der Waals surface area contributed by atoms with Gasteiger partial charge in [0.1, 0.15) is 5.75 Å². The molecule has 27 heavy (non-hydrogen) atoms. The molecular formula is C18H26Cl2IN3O3. The minimum absolute atomic E-state index is 0. The summed E-state index contributed by atoms with van der Waals surface area (Å²) in [6.45, 7) is 2.84. The normalized spacial score (nSPS) is 15.1. The van der Waals surface area contributed by atoms with E-state index in [4.69, 9.17) is 32.7 Å². The zero-order valence-electron chi connectivity index (χ0n) is 15.5. The van der Waals surface area contributed by atoms with Crippen LogP contribution in [0.15, 0.2) is 23.2 Å². The van der Waals surface area contributed by atoms with E-state index in [-0.39, 0.29) is 35.9 Å². The van der Waals surface area contributed by atoms with Crippen molar-refractivity contribution in [3.8, 4) is 5.75 Å². The molecule has 1 fully saturated rings. The Morgan fingerprint density at radius 3 is 2.63 bits per heavy atom. The summed E-state index contributed by atoms with van der Waals surface area (Å²) in [5.74, 6) is 1.35. The number of guanidine groups is 1. The van der Waals surface area contributed by atoms with Crippen molar-refractivity contribution in [1.82, 2.24) is 10.2 Å². The number of aliphatic imine (C=N–C) groups is 1. The molecule has 0 amide bonds. The van der Waals surface area contributed by atoms with E-state index >= 15 is 0 Å². The molecule has 0 radical (unpaired) electrons. The van der Waals surface area contributed by atoms with Crippen molar-refractivity contribution < 1.29 is 14.3 Å². The molecule has 1 saturated heterocycles. The minimum atomic E-state index is -0.120. The summed E-state index contributed by atoms with van der Waals surface area (Å²) in [7, 11) is 3.20. The number of carbonyl (C=O) groups excluding carboxylic acids is 1. The summed E-state index contributed by atoms with van der Waals surface area (Å²) in [5.41, 5.74) is 0. The lowest BCUT2D eigenvalue weighted by molar-refractivity contribution is -0.146. The first-order valence-electron chi connectivity index (χ1n) is 8.66. The molecule has 1 aliphatic heterocycles. The Kier molecular flexibility index (Phi) is 11.2. The van der Waals surface area contributed by atoms with Gasteiger partial charge < -0.3 is 19.7 Å². The number of piperidine rings is 1. The third kappa shape index (κ3) is 7.54. The van der Waals surface area contributed by atoms with Gasteiger partial charge in [0.15, 0.2) is 5.96 Å². The summed E-state index contributed by atoms with van der Waals surface area (Å²) in [4.78, 5) is 18.1. The summed E-state index contributed by atoms with van der Waals surface area (Å²) in [6, 6.07) is 5.18. The van der Waals surface area contributed by atoms with Crippen LogP contribution in [0.2, 0.25) is 10.0 Å². The van der Waals surface area contributed by atoms with E-state index in [9.17, 15) is 4.79 Å². The number of nitrogens with one attached hydrogen (secondary N) is 1. The maximum absolute atomic E-state index is 11.6. The number of nitrogens with zero attached hydrogens (tertiary/aromatic N) is 2. The Hall–Kier alpha value is -0.930. The van der Waals surface area contributed by atoms with Crippen molar-refractivity contribution in [3.05, 3.63) is 28.2 Å². The highest BCUT2D eigenvalue weighted by Gasteiger charge is 2.26. The maximum atomic E-state index is 11.6. The van der Waals surface area contributed by atoms with Crippen LogP contribution < -0.4 is 10.1 Å². The number of rotatable bonds is 6. The average molecular weight is 530 g/mol. The summed E-state index contributed by atoms with van der Waals surface area (Å²) in [5, 5.41) is 4.43. The molecule has 1 aromatic carbocycles. The van der Waals surface area contributed by atoms with Crippen LogP contribution in [0.25, 0.3) is 0 Å². The molecule has 1 aromatic rings. The van der Waals surface area contributed by atoms with Crippen molar-refractivity contribution in [2.75, 3.05) is 40.4 Å². The first kappa shape index (κ1) is 24.1. The summed E-state index contributed by atoms with van der Waals surface area (Å²) < 4.78 is 10.5. The van der Waals surface area contributed by atoms with E-state index in [0.29, 0.717) is 22.4 Å². The fourth-order valence-electron chi connectivity index (χ4n) is 2.87. The van der Waals surface area contributed by atoms with Gasteiger partial charge >= 0.3 is 5.97 Å². The molecule has 1 heterocycles. The molecule has 0 saturated carbocycles. The SMILES string of the molecule is CN=C(NCCCOc1ccc(Cl)cc1Cl)N1CCC(C(=O)OC)CC1.I. The molecule has 9 heteroatoms. The van der Waals surface area contributed by atoms with E-state index in [1.165, 1.54) is 7.11 Å². The van der Waals surface area contributed by atoms with E-state index in [1.807, 2.05) is 0 Å². The average Bonchev–Trinajstić information content (AvgIpc) is 2.65. The number of likely N-dealkylation sites (tertiary alicyclic amines) is 1. The van der Waals surface area contributed by atoms with Gasteiger partial charge in [-0.05, 0) is 37.5 Å². The van der Waals surface area contributed by atoms with Gasteiger partial charge in [-0.1, -0.05) is 23.2 Å². The molecule has 0 aliphatic carbocycles. The monoisotopic (exact) mass is 529 g/mol. The molecule has 0 atom stereocenters. The van der Waals surface area contributed by atoms with Gasteiger partial charge in [0.25, 0.3) is 0 Å². The third-order valence-electron chi connectivity index (χ3n) is 4.30. The van der Waals surface area contributed by atoms with E-state index in [2.05, 4.69) is 15.2 Å². The van der Waals surface area contributed by atoms with Gasteiger partial charge in [-0.2, -0.15) is 0 Å². The number of esters is 1. The summed E-state index contributed by atoms with van der Waals surface area (Å²) >= 11 is 11.9. The standard InChI is InChI=1S/C18H25Cl2N3O3.HI/c1-21-18(23-9-6-13(7-10-23)17(24)25-2)22-8-3-11-26-16-5-4-14(19)12-15(16)20;/h4-5,12-13H,3,6-11H2,1-2H3,(H,21,22);1H. The number of hydrogen-bond acceptors (Lipinski definition) is 4. The van der Waals surface area contributed by atoms with Crippen molar-refractivity contribution in [3.63, 3.8) is 0 Å². The quantitative estimate of drug-likeness (QED) is 0.199. The molecule has 0 bridgehead atoms. The number of carbonyl (C=O) groups is 1. The van der Waals surface area contributed by atoms with Crippen LogP contribution in [0.4, 0.5) is 0 Å². The van der Waals surface area contributed by atoms with Crippen LogP contribution in [-0.4, -0.2) is 57.2 Å². The van der Waals surface area contributed by atoms with E-state index in [0.717, 1.165) is 44.9 Å². The molecule has 1 aliphatic rings. The second kappa shape index (κ2) is 12.5. The highest BCUT2D eigenvalue weighted by molar-refractivity contribution is 14.0. The third-order valence-corrected chi connectivity index (χ3v) is 4.83. The highest BCUT2D eigenvalue weighted by atomic mass is 127. The summed E-state index contributed by atoms with van der Waals surface area (Å²) in [6.07, 6.45) is 2.37. The van der Waals surface area contributed by atoms with Crippen LogP contribution in [0, 0.1) is 5.92 Å². The van der Waals surface area contributed by atoms with Crippen molar-refractivity contribution in [1.29, 1.82) is 0 Å². The molecule has 0 unspecified atom stereocenters. The highest BCUT2D eigenvalue weighted by Crippen LogP contribution is 2.27. The number of hydrogen-bond donors (Lipinski definition) is 1. The molecule has 6 nitrogen and oxygen atoms in total. The predicted octanol–water partition coefficient (Wildman–Crippen LogP) is 3.84. The van der Waals surface area contributed by atoms with Crippen molar-refractivity contribution in [2.45, 2.75) is 19.3 Å². The van der Waals surface area contributed by atoms with Crippen LogP contribution in [0.1, 0.15) is 19.3 Å². The zero-order chi connectivity index (χ0) is 18.9. The fourth-order valence-corrected chi connectivity index (χ4v) is 3.34. The van der Waals surface area contributed by atoms with Crippen LogP contribution in [0.5, 0.6) is 5.75 Å². The van der Waals surface area contributed by atoms with Crippen LogP contribution in [-0.2, 0) is 9.53 Å². The molecule has 0 spiro atoms. The number of benzene rings is 1. The predicted molar refractivity (Wildman–Crippen MR) is 120 cm³/mol. The zero-order valence-corrected chi connectivity index (χ0v) is 19.4. The maximum Gasteiger partial charge on any atom is 0.308 e. The Morgan fingerprint density at radius 1 is 1.33 bits per heavy atom. The van der Waals surface area contributed by atoms with Gasteiger partial charge in [0.2, 0.25) is 0 Å². The van der Waals surface area contributed by atoms with Gasteiger partial charge in [0.05, 0.1) is 24.7 Å². The van der Waals surface area contributed by atoms with Gasteiger partial charge in [-0.3, -0.25) is 9.79 Å². The van der Waals surface area contributed by atoms with Crippen LogP contribution in [0.3, 0.4) is 0 Å². The molecule has 152 valence electrons. The smallest absolute Gasteiger partial charge is 0.308 e. The Morgan fingerprint density at radius 2 is 2.04 bits per heavy atom. The van der Waals surface area contributed by atoms with Crippen LogP contribution >= 0.6 is 47.2 Å². The van der Waals surface area contributed by atoms with E-state index in [1.54, 1.807) is 25.2 Å². The fraction of sp³-hybridized carbons (Fsp3) is 0.556. The Bertz CT molecular complexity index is 638. The molecule has 2 rings (SSSR count). The molecule has 1 N–H and O–H groups in total. The van der Waals surface area contributed by atoms with Gasteiger partial charge in [-0.15, -0.1) is 24.0 Å². The lowest BCUT2D eigenvalue weighted by Gasteiger charge is -2.33. The van der Waals surface area contributed by atoms with Crippen molar-refractivity contribution in [2.24, 2.45) is 10.9 Å². The van der Waals surface area contributed by atoms with Crippen molar-refractivity contribution >= 4 is 59.1 Å². The topological polar surface area (TPSA) is 63.2 Å². The lowest BCUT2D eigenvalue weighted by atomic mass is 9.97.